The highest BCUT2D eigenvalue weighted by atomic mass is 16.2. The Balaban J connectivity index is 1.94. The summed E-state index contributed by atoms with van der Waals surface area (Å²) in [7, 11) is 0. The maximum absolute atomic E-state index is 11.7. The molecule has 1 aromatic heterocycles. The summed E-state index contributed by atoms with van der Waals surface area (Å²) < 4.78 is 0. The highest BCUT2D eigenvalue weighted by Crippen LogP contribution is 2.06. The Hall–Kier alpha value is -1.69. The fraction of sp³-hybridized carbons (Fsp3) is 0.500. The average Bonchev–Trinajstić information content (AvgIpc) is 2.31. The van der Waals surface area contributed by atoms with Gasteiger partial charge in [-0.3, -0.25) is 10.2 Å². The molecule has 1 aliphatic rings. The van der Waals surface area contributed by atoms with Crippen molar-refractivity contribution in [3.8, 4) is 0 Å². The highest BCUT2D eigenvalue weighted by molar-refractivity contribution is 5.91. The van der Waals surface area contributed by atoms with Gasteiger partial charge in [0.2, 0.25) is 0 Å². The van der Waals surface area contributed by atoms with E-state index in [0.717, 1.165) is 25.9 Å². The fourth-order valence-corrected chi connectivity index (χ4v) is 1.67. The molecule has 1 fully saturated rings. The molecule has 86 valence electrons. The molecule has 2 rings (SSSR count). The summed E-state index contributed by atoms with van der Waals surface area (Å²) >= 11 is 0. The van der Waals surface area contributed by atoms with Gasteiger partial charge in [0.1, 0.15) is 5.82 Å². The van der Waals surface area contributed by atoms with Crippen LogP contribution in [0, 0.1) is 0 Å². The molecule has 16 heavy (non-hydrogen) atoms. The standard InChI is InChI=1S/C10H15N5O/c11-9-5-4-8(12-13-9)10(16)14-15-6-2-1-3-7-15/h4-5H,1-3,6-7H2,(H2,11,13)(H,14,16). The first-order valence-corrected chi connectivity index (χ1v) is 5.41. The predicted molar refractivity (Wildman–Crippen MR) is 59.3 cm³/mol. The van der Waals surface area contributed by atoms with Gasteiger partial charge in [0.05, 0.1) is 0 Å². The summed E-state index contributed by atoms with van der Waals surface area (Å²) in [5, 5.41) is 9.29. The second-order valence-corrected chi connectivity index (χ2v) is 3.83. The Bertz CT molecular complexity index is 358. The van der Waals surface area contributed by atoms with Crippen LogP contribution in [0.15, 0.2) is 12.1 Å². The molecule has 3 N–H and O–H groups in total. The molecule has 2 heterocycles. The van der Waals surface area contributed by atoms with Crippen molar-refractivity contribution in [3.05, 3.63) is 17.8 Å². The van der Waals surface area contributed by atoms with E-state index in [1.807, 2.05) is 5.01 Å². The fourth-order valence-electron chi connectivity index (χ4n) is 1.67. The van der Waals surface area contributed by atoms with Crippen molar-refractivity contribution in [1.82, 2.24) is 20.6 Å². The number of hydrazine groups is 1. The molecule has 0 aromatic carbocycles. The summed E-state index contributed by atoms with van der Waals surface area (Å²) in [5.41, 5.74) is 8.49. The third kappa shape index (κ3) is 2.66. The number of nitrogens with two attached hydrogens (primary N) is 1. The van der Waals surface area contributed by atoms with Gasteiger partial charge < -0.3 is 5.73 Å². The molecular formula is C10H15N5O. The zero-order chi connectivity index (χ0) is 11.4. The van der Waals surface area contributed by atoms with Gasteiger partial charge in [0.25, 0.3) is 5.91 Å². The normalized spacial score (nSPS) is 17.0. The molecule has 0 unspecified atom stereocenters. The molecule has 6 heteroatoms. The van der Waals surface area contributed by atoms with Gasteiger partial charge in [0.15, 0.2) is 5.69 Å². The number of carbonyl (C=O) groups is 1. The Morgan fingerprint density at radius 1 is 1.25 bits per heavy atom. The number of hydrogen-bond donors (Lipinski definition) is 2. The summed E-state index contributed by atoms with van der Waals surface area (Å²) in [6.07, 6.45) is 3.47. The monoisotopic (exact) mass is 221 g/mol. The first-order chi connectivity index (χ1) is 7.75. The maximum atomic E-state index is 11.7. The number of hydrogen-bond acceptors (Lipinski definition) is 5. The lowest BCUT2D eigenvalue weighted by molar-refractivity contribution is 0.0744. The van der Waals surface area contributed by atoms with Gasteiger partial charge in [-0.05, 0) is 25.0 Å². The quantitative estimate of drug-likeness (QED) is 0.744. The molecule has 1 saturated heterocycles. The maximum Gasteiger partial charge on any atom is 0.286 e. The van der Waals surface area contributed by atoms with Crippen LogP contribution in [-0.4, -0.2) is 34.2 Å². The molecule has 1 aromatic rings. The van der Waals surface area contributed by atoms with E-state index < -0.39 is 0 Å². The van der Waals surface area contributed by atoms with Gasteiger partial charge in [-0.1, -0.05) is 6.42 Å². The number of piperidine rings is 1. The lowest BCUT2D eigenvalue weighted by atomic mass is 10.2. The number of nitrogen functional groups attached to an aromatic ring is 1. The molecule has 0 saturated carbocycles. The largest absolute Gasteiger partial charge is 0.382 e. The first kappa shape index (κ1) is 10.8. The molecule has 1 aliphatic heterocycles. The van der Waals surface area contributed by atoms with Gasteiger partial charge in [0, 0.05) is 13.1 Å². The minimum absolute atomic E-state index is 0.227. The third-order valence-corrected chi connectivity index (χ3v) is 2.53. The van der Waals surface area contributed by atoms with E-state index in [4.69, 9.17) is 5.73 Å². The SMILES string of the molecule is Nc1ccc(C(=O)NN2CCCCC2)nn1. The molecule has 0 aliphatic carbocycles. The Morgan fingerprint density at radius 3 is 2.62 bits per heavy atom. The van der Waals surface area contributed by atoms with Gasteiger partial charge in [-0.2, -0.15) is 0 Å². The van der Waals surface area contributed by atoms with Crippen molar-refractivity contribution in [3.63, 3.8) is 0 Å². The van der Waals surface area contributed by atoms with E-state index in [-0.39, 0.29) is 5.91 Å². The molecule has 0 radical (unpaired) electrons. The van der Waals surface area contributed by atoms with Crippen molar-refractivity contribution in [2.24, 2.45) is 0 Å². The number of rotatable bonds is 2. The van der Waals surface area contributed by atoms with Crippen molar-refractivity contribution in [2.45, 2.75) is 19.3 Å². The van der Waals surface area contributed by atoms with Crippen LogP contribution in [0.5, 0.6) is 0 Å². The van der Waals surface area contributed by atoms with Gasteiger partial charge in [-0.25, -0.2) is 5.01 Å². The van der Waals surface area contributed by atoms with Crippen LogP contribution in [0.25, 0.3) is 0 Å². The smallest absolute Gasteiger partial charge is 0.286 e. The van der Waals surface area contributed by atoms with Crippen molar-refractivity contribution < 1.29 is 4.79 Å². The Labute approximate surface area is 93.8 Å². The van der Waals surface area contributed by atoms with E-state index in [0.29, 0.717) is 11.5 Å². The number of nitrogens with zero attached hydrogens (tertiary/aromatic N) is 3. The second-order valence-electron chi connectivity index (χ2n) is 3.83. The van der Waals surface area contributed by atoms with E-state index in [2.05, 4.69) is 15.6 Å². The second kappa shape index (κ2) is 4.89. The van der Waals surface area contributed by atoms with E-state index >= 15 is 0 Å². The Kier molecular flexibility index (Phi) is 3.31. The number of aromatic nitrogens is 2. The highest BCUT2D eigenvalue weighted by Gasteiger charge is 2.14. The number of carbonyl (C=O) groups excluding carboxylic acids is 1. The van der Waals surface area contributed by atoms with Crippen LogP contribution in [0.3, 0.4) is 0 Å². The van der Waals surface area contributed by atoms with Crippen LogP contribution >= 0.6 is 0 Å². The molecule has 0 bridgehead atoms. The molecule has 0 spiro atoms. The topological polar surface area (TPSA) is 84.1 Å². The minimum atomic E-state index is -0.227. The summed E-state index contributed by atoms with van der Waals surface area (Å²) in [5.74, 6) is 0.0870. The minimum Gasteiger partial charge on any atom is -0.382 e. The Morgan fingerprint density at radius 2 is 2.00 bits per heavy atom. The van der Waals surface area contributed by atoms with Crippen LogP contribution in [0.4, 0.5) is 5.82 Å². The predicted octanol–water partition coefficient (Wildman–Crippen LogP) is 0.189. The van der Waals surface area contributed by atoms with Crippen molar-refractivity contribution in [1.29, 1.82) is 0 Å². The van der Waals surface area contributed by atoms with E-state index in [1.54, 1.807) is 12.1 Å². The molecular weight excluding hydrogens is 206 g/mol. The van der Waals surface area contributed by atoms with Gasteiger partial charge >= 0.3 is 0 Å². The summed E-state index contributed by atoms with van der Waals surface area (Å²) in [6, 6.07) is 3.14. The van der Waals surface area contributed by atoms with Crippen LogP contribution < -0.4 is 11.2 Å². The third-order valence-electron chi connectivity index (χ3n) is 2.53. The number of anilines is 1. The zero-order valence-electron chi connectivity index (χ0n) is 9.02. The van der Waals surface area contributed by atoms with Crippen molar-refractivity contribution >= 4 is 11.7 Å². The first-order valence-electron chi connectivity index (χ1n) is 5.41. The van der Waals surface area contributed by atoms with Crippen LogP contribution in [0.1, 0.15) is 29.8 Å². The number of amides is 1. The number of nitrogens with one attached hydrogen (secondary N) is 1. The molecule has 0 atom stereocenters. The summed E-state index contributed by atoms with van der Waals surface area (Å²) in [4.78, 5) is 11.7. The summed E-state index contributed by atoms with van der Waals surface area (Å²) in [6.45, 7) is 1.79. The van der Waals surface area contributed by atoms with Gasteiger partial charge in [-0.15, -0.1) is 10.2 Å². The van der Waals surface area contributed by atoms with E-state index in [1.165, 1.54) is 6.42 Å². The lowest BCUT2D eigenvalue weighted by Gasteiger charge is -2.26. The molecule has 6 nitrogen and oxygen atoms in total. The van der Waals surface area contributed by atoms with Crippen LogP contribution in [0.2, 0.25) is 0 Å². The zero-order valence-corrected chi connectivity index (χ0v) is 9.02. The van der Waals surface area contributed by atoms with Crippen LogP contribution in [-0.2, 0) is 0 Å². The average molecular weight is 221 g/mol. The van der Waals surface area contributed by atoms with E-state index in [9.17, 15) is 4.79 Å². The lowest BCUT2D eigenvalue weighted by Crippen LogP contribution is -2.45. The van der Waals surface area contributed by atoms with Crippen molar-refractivity contribution in [2.75, 3.05) is 18.8 Å². The molecule has 1 amide bonds.